The van der Waals surface area contributed by atoms with E-state index >= 15 is 0 Å². The number of hydrogen-bond donors (Lipinski definition) is 2. The molecule has 1 aromatic carbocycles. The molecule has 0 saturated carbocycles. The van der Waals surface area contributed by atoms with E-state index < -0.39 is 6.10 Å². The molecule has 0 fully saturated rings. The second kappa shape index (κ2) is 8.59. The predicted molar refractivity (Wildman–Crippen MR) is 75.7 cm³/mol. The lowest BCUT2D eigenvalue weighted by Crippen LogP contribution is -1.98. The molecule has 0 aliphatic rings. The van der Waals surface area contributed by atoms with Crippen molar-refractivity contribution in [2.45, 2.75) is 33.8 Å². The fourth-order valence-electron chi connectivity index (χ4n) is 1.28. The number of rotatable bonds is 3. The summed E-state index contributed by atoms with van der Waals surface area (Å²) in [6, 6.07) is 7.27. The number of allylic oxidation sites excluding steroid dienone is 3. The summed E-state index contributed by atoms with van der Waals surface area (Å²) >= 11 is 0. The van der Waals surface area contributed by atoms with Crippen LogP contribution in [0.2, 0.25) is 0 Å². The molecule has 0 saturated heterocycles. The van der Waals surface area contributed by atoms with Crippen LogP contribution in [0.15, 0.2) is 48.1 Å². The fourth-order valence-corrected chi connectivity index (χ4v) is 1.28. The van der Waals surface area contributed by atoms with Crippen molar-refractivity contribution < 1.29 is 5.11 Å². The van der Waals surface area contributed by atoms with E-state index in [2.05, 4.69) is 0 Å². The number of aliphatic hydroxyl groups excluding tert-OH is 1. The van der Waals surface area contributed by atoms with Gasteiger partial charge in [-0.05, 0) is 37.1 Å². The van der Waals surface area contributed by atoms with E-state index in [9.17, 15) is 5.11 Å². The minimum atomic E-state index is -0.554. The highest BCUT2D eigenvalue weighted by molar-refractivity contribution is 5.41. The zero-order chi connectivity index (χ0) is 13.3. The number of anilines is 1. The molecule has 1 rings (SSSR count). The lowest BCUT2D eigenvalue weighted by Gasteiger charge is -2.11. The van der Waals surface area contributed by atoms with Crippen LogP contribution in [0, 0.1) is 0 Å². The van der Waals surface area contributed by atoms with E-state index in [4.69, 9.17) is 5.73 Å². The molecule has 0 aliphatic heterocycles. The molecular formula is C15H23NO. The van der Waals surface area contributed by atoms with Crippen molar-refractivity contribution in [3.63, 3.8) is 0 Å². The molecule has 2 nitrogen and oxygen atoms in total. The average molecular weight is 233 g/mol. The summed E-state index contributed by atoms with van der Waals surface area (Å²) in [5.74, 6) is 0. The molecule has 0 radical (unpaired) electrons. The SMILES string of the molecule is C/C=C\C=C(/C)C(O)c1ccc(N)cc1.CC. The van der Waals surface area contributed by atoms with E-state index in [1.807, 2.05) is 58.1 Å². The van der Waals surface area contributed by atoms with Gasteiger partial charge in [0.25, 0.3) is 0 Å². The van der Waals surface area contributed by atoms with Gasteiger partial charge in [0.1, 0.15) is 6.10 Å². The molecular weight excluding hydrogens is 210 g/mol. The summed E-state index contributed by atoms with van der Waals surface area (Å²) in [6.07, 6.45) is 5.19. The summed E-state index contributed by atoms with van der Waals surface area (Å²) in [5, 5.41) is 9.96. The number of aliphatic hydroxyl groups is 1. The van der Waals surface area contributed by atoms with Crippen LogP contribution in [0.3, 0.4) is 0 Å². The van der Waals surface area contributed by atoms with Gasteiger partial charge in [-0.15, -0.1) is 0 Å². The first kappa shape index (κ1) is 15.5. The maximum Gasteiger partial charge on any atom is 0.100 e. The van der Waals surface area contributed by atoms with E-state index in [-0.39, 0.29) is 0 Å². The van der Waals surface area contributed by atoms with Gasteiger partial charge in [-0.1, -0.05) is 44.2 Å². The molecule has 1 aromatic rings. The Kier molecular flexibility index (Phi) is 7.82. The first-order valence-corrected chi connectivity index (χ1v) is 5.98. The zero-order valence-electron chi connectivity index (χ0n) is 11.1. The molecule has 2 heteroatoms. The Hall–Kier alpha value is -1.54. The summed E-state index contributed by atoms with van der Waals surface area (Å²) in [7, 11) is 0. The molecule has 94 valence electrons. The number of hydrogen-bond acceptors (Lipinski definition) is 2. The van der Waals surface area contributed by atoms with E-state index in [1.165, 1.54) is 0 Å². The molecule has 0 aromatic heterocycles. The number of benzene rings is 1. The Morgan fingerprint density at radius 2 is 1.76 bits per heavy atom. The first-order valence-electron chi connectivity index (χ1n) is 5.98. The van der Waals surface area contributed by atoms with Crippen molar-refractivity contribution >= 4 is 5.69 Å². The Balaban J connectivity index is 0.00000121. The standard InChI is InChI=1S/C13H17NO.C2H6/c1-3-4-5-10(2)13(15)11-6-8-12(14)9-7-11;1-2/h3-9,13,15H,14H2,1-2H3;1-2H3/b4-3-,10-5+;. The highest BCUT2D eigenvalue weighted by Gasteiger charge is 2.07. The molecule has 0 bridgehead atoms. The maximum absolute atomic E-state index is 9.96. The van der Waals surface area contributed by atoms with Gasteiger partial charge in [-0.2, -0.15) is 0 Å². The van der Waals surface area contributed by atoms with Crippen molar-refractivity contribution in [2.24, 2.45) is 0 Å². The number of nitrogen functional groups attached to an aromatic ring is 1. The normalized spacial score (nSPS) is 13.1. The molecule has 17 heavy (non-hydrogen) atoms. The van der Waals surface area contributed by atoms with Gasteiger partial charge < -0.3 is 10.8 Å². The van der Waals surface area contributed by atoms with Gasteiger partial charge in [0.15, 0.2) is 0 Å². The minimum absolute atomic E-state index is 0.554. The summed E-state index contributed by atoms with van der Waals surface area (Å²) in [6.45, 7) is 7.85. The number of nitrogens with two attached hydrogens (primary N) is 1. The first-order chi connectivity index (χ1) is 8.15. The third-order valence-corrected chi connectivity index (χ3v) is 2.24. The molecule has 0 spiro atoms. The quantitative estimate of drug-likeness (QED) is 0.615. The molecule has 1 atom stereocenters. The summed E-state index contributed by atoms with van der Waals surface area (Å²) in [4.78, 5) is 0. The smallest absolute Gasteiger partial charge is 0.100 e. The second-order valence-corrected chi connectivity index (χ2v) is 3.51. The van der Waals surface area contributed by atoms with Crippen LogP contribution in [-0.2, 0) is 0 Å². The van der Waals surface area contributed by atoms with Crippen molar-refractivity contribution in [1.82, 2.24) is 0 Å². The van der Waals surface area contributed by atoms with Crippen LogP contribution in [-0.4, -0.2) is 5.11 Å². The topological polar surface area (TPSA) is 46.2 Å². The second-order valence-electron chi connectivity index (χ2n) is 3.51. The van der Waals surface area contributed by atoms with Gasteiger partial charge >= 0.3 is 0 Å². The Labute approximate surface area is 104 Å². The van der Waals surface area contributed by atoms with Crippen LogP contribution in [0.4, 0.5) is 5.69 Å². The summed E-state index contributed by atoms with van der Waals surface area (Å²) < 4.78 is 0. The Morgan fingerprint density at radius 1 is 1.24 bits per heavy atom. The van der Waals surface area contributed by atoms with Crippen LogP contribution < -0.4 is 5.73 Å². The monoisotopic (exact) mass is 233 g/mol. The van der Waals surface area contributed by atoms with E-state index in [0.717, 1.165) is 11.1 Å². The Morgan fingerprint density at radius 3 is 2.24 bits per heavy atom. The maximum atomic E-state index is 9.96. The van der Waals surface area contributed by atoms with Crippen molar-refractivity contribution in [1.29, 1.82) is 0 Å². The van der Waals surface area contributed by atoms with Gasteiger partial charge in [0, 0.05) is 5.69 Å². The molecule has 0 amide bonds. The minimum Gasteiger partial charge on any atom is -0.399 e. The average Bonchev–Trinajstić information content (AvgIpc) is 2.38. The lowest BCUT2D eigenvalue weighted by molar-refractivity contribution is 0.216. The van der Waals surface area contributed by atoms with Gasteiger partial charge in [-0.3, -0.25) is 0 Å². The van der Waals surface area contributed by atoms with Crippen LogP contribution >= 0.6 is 0 Å². The van der Waals surface area contributed by atoms with Crippen LogP contribution in [0.1, 0.15) is 39.4 Å². The van der Waals surface area contributed by atoms with Crippen LogP contribution in [0.5, 0.6) is 0 Å². The van der Waals surface area contributed by atoms with Crippen molar-refractivity contribution in [3.05, 3.63) is 53.6 Å². The van der Waals surface area contributed by atoms with E-state index in [0.29, 0.717) is 5.69 Å². The third kappa shape index (κ3) is 5.36. The van der Waals surface area contributed by atoms with Crippen molar-refractivity contribution in [3.8, 4) is 0 Å². The third-order valence-electron chi connectivity index (χ3n) is 2.24. The fraction of sp³-hybridized carbons (Fsp3) is 0.333. The lowest BCUT2D eigenvalue weighted by atomic mass is 10.0. The highest BCUT2D eigenvalue weighted by Crippen LogP contribution is 2.21. The molecule has 3 N–H and O–H groups in total. The molecule has 1 unspecified atom stereocenters. The largest absolute Gasteiger partial charge is 0.399 e. The Bertz CT molecular complexity index is 363. The highest BCUT2D eigenvalue weighted by atomic mass is 16.3. The van der Waals surface area contributed by atoms with Crippen LogP contribution in [0.25, 0.3) is 0 Å². The van der Waals surface area contributed by atoms with E-state index in [1.54, 1.807) is 12.1 Å². The van der Waals surface area contributed by atoms with Gasteiger partial charge in [0.05, 0.1) is 0 Å². The zero-order valence-corrected chi connectivity index (χ0v) is 11.1. The summed E-state index contributed by atoms with van der Waals surface area (Å²) in [5.41, 5.74) is 8.06. The van der Waals surface area contributed by atoms with Gasteiger partial charge in [0.2, 0.25) is 0 Å². The molecule has 0 heterocycles. The van der Waals surface area contributed by atoms with Crippen molar-refractivity contribution in [2.75, 3.05) is 5.73 Å². The van der Waals surface area contributed by atoms with Gasteiger partial charge in [-0.25, -0.2) is 0 Å². The predicted octanol–water partition coefficient (Wildman–Crippen LogP) is 3.85. The molecule has 0 aliphatic carbocycles.